The first kappa shape index (κ1) is 6.99. The zero-order valence-electron chi connectivity index (χ0n) is 6.22. The number of nitrogens with zero attached hydrogens (tertiary/aromatic N) is 2. The lowest BCUT2D eigenvalue weighted by atomic mass is 10.4. The van der Waals surface area contributed by atoms with Crippen LogP contribution in [0.15, 0.2) is 0 Å². The van der Waals surface area contributed by atoms with E-state index >= 15 is 0 Å². The third-order valence-corrected chi connectivity index (χ3v) is 1.88. The molecule has 0 atom stereocenters. The first-order chi connectivity index (χ1) is 4.33. The molecule has 1 N–H and O–H groups in total. The van der Waals surface area contributed by atoms with E-state index in [0.29, 0.717) is 0 Å². The van der Waals surface area contributed by atoms with Crippen molar-refractivity contribution in [2.45, 2.75) is 0 Å². The second-order valence-corrected chi connectivity index (χ2v) is 2.59. The summed E-state index contributed by atoms with van der Waals surface area (Å²) >= 11 is 0. The van der Waals surface area contributed by atoms with Crippen LogP contribution in [0.5, 0.6) is 0 Å². The van der Waals surface area contributed by atoms with E-state index in [9.17, 15) is 0 Å². The lowest BCUT2D eigenvalue weighted by Crippen LogP contribution is -3.10. The fraction of sp³-hybridized carbons (Fsp3) is 1.00. The highest BCUT2D eigenvalue weighted by Crippen LogP contribution is 1.81. The van der Waals surface area contributed by atoms with Crippen molar-refractivity contribution in [2.75, 3.05) is 40.3 Å². The predicted molar refractivity (Wildman–Crippen MR) is 37.5 cm³/mol. The van der Waals surface area contributed by atoms with Crippen molar-refractivity contribution in [1.82, 2.24) is 4.90 Å². The third kappa shape index (κ3) is 1.93. The van der Waals surface area contributed by atoms with Crippen LogP contribution in [0.2, 0.25) is 0 Å². The summed E-state index contributed by atoms with van der Waals surface area (Å²) in [6.45, 7) is 4.72. The first-order valence-corrected chi connectivity index (χ1v) is 3.46. The Balaban J connectivity index is 2.18. The van der Waals surface area contributed by atoms with Crippen molar-refractivity contribution in [3.05, 3.63) is 5.43 Å². The number of likely N-dealkylation sites (N-methyl/N-ethyl adjacent to an activating group) is 1. The van der Waals surface area contributed by atoms with Crippen molar-refractivity contribution in [3.63, 3.8) is 0 Å². The van der Waals surface area contributed by atoms with E-state index in [4.69, 9.17) is 0 Å². The summed E-state index contributed by atoms with van der Waals surface area (Å²) in [5, 5.41) is 1.38. The quantitative estimate of drug-likeness (QED) is 0.469. The molecule has 0 spiro atoms. The Morgan fingerprint density at radius 3 is 2.33 bits per heavy atom. The van der Waals surface area contributed by atoms with Gasteiger partial charge in [0, 0.05) is 13.1 Å². The second kappa shape index (κ2) is 3.15. The van der Waals surface area contributed by atoms with Gasteiger partial charge in [0.05, 0.1) is 13.1 Å². The van der Waals surface area contributed by atoms with Crippen LogP contribution >= 0.6 is 0 Å². The molecule has 1 rings (SSSR count). The number of rotatable bonds is 1. The molecular formula is C6H15N3. The Hall–Kier alpha value is -0.120. The number of piperazine rings is 1. The minimum atomic E-state index is 1.17. The molecule has 1 saturated heterocycles. The van der Waals surface area contributed by atoms with Crippen LogP contribution in [-0.4, -0.2) is 45.2 Å². The molecule has 3 nitrogen and oxygen atoms in total. The maximum absolute atomic E-state index is 4.17. The average molecular weight is 129 g/mol. The van der Waals surface area contributed by atoms with Gasteiger partial charge < -0.3 is 10.4 Å². The van der Waals surface area contributed by atoms with Gasteiger partial charge in [-0.3, -0.25) is 4.90 Å². The normalized spacial score (nSPS) is 24.7. The summed E-state index contributed by atoms with van der Waals surface area (Å²) in [5.74, 6) is 0. The highest BCUT2D eigenvalue weighted by molar-refractivity contribution is 4.56. The summed E-state index contributed by atoms with van der Waals surface area (Å²) < 4.78 is 0. The number of nitrogens with one attached hydrogen (secondary N) is 1. The third-order valence-electron chi connectivity index (χ3n) is 1.88. The molecule has 0 unspecified atom stereocenters. The van der Waals surface area contributed by atoms with Gasteiger partial charge in [0.25, 0.3) is 0 Å². The fourth-order valence-electron chi connectivity index (χ4n) is 1.10. The minimum absolute atomic E-state index is 1.17. The standard InChI is InChI=1S/C6H15N3/c1-7-9-5-3-8(2)4-6-9/h9H,3-6H2,1-2H3. The highest BCUT2D eigenvalue weighted by Gasteiger charge is 2.09. The maximum atomic E-state index is 4.17. The first-order valence-electron chi connectivity index (χ1n) is 3.46. The average Bonchev–Trinajstić information content (AvgIpc) is 1.90. The smallest absolute Gasteiger partial charge is 0.0812 e. The Morgan fingerprint density at radius 1 is 1.33 bits per heavy atom. The topological polar surface area (TPSA) is 21.8 Å². The van der Waals surface area contributed by atoms with E-state index in [1.165, 1.54) is 31.2 Å². The molecule has 3 heteroatoms. The largest absolute Gasteiger partial charge is 0.457 e. The van der Waals surface area contributed by atoms with E-state index < -0.39 is 0 Å². The summed E-state index contributed by atoms with van der Waals surface area (Å²) in [5.41, 5.74) is 4.17. The highest BCUT2D eigenvalue weighted by atomic mass is 15.5. The molecule has 0 amide bonds. The number of hydrogen-bond acceptors (Lipinski definition) is 1. The Kier molecular flexibility index (Phi) is 2.45. The zero-order valence-corrected chi connectivity index (χ0v) is 6.22. The van der Waals surface area contributed by atoms with Gasteiger partial charge in [0.2, 0.25) is 0 Å². The van der Waals surface area contributed by atoms with Crippen LogP contribution in [0.1, 0.15) is 0 Å². The fourth-order valence-corrected chi connectivity index (χ4v) is 1.10. The van der Waals surface area contributed by atoms with Gasteiger partial charge >= 0.3 is 0 Å². The summed E-state index contributed by atoms with van der Waals surface area (Å²) in [6.07, 6.45) is 0. The van der Waals surface area contributed by atoms with Gasteiger partial charge in [-0.1, -0.05) is 0 Å². The van der Waals surface area contributed by atoms with E-state index in [1.54, 1.807) is 0 Å². The molecule has 54 valence electrons. The number of quaternary nitrogens is 1. The lowest BCUT2D eigenvalue weighted by molar-refractivity contribution is -0.866. The van der Waals surface area contributed by atoms with E-state index in [-0.39, 0.29) is 0 Å². The molecule has 1 aliphatic heterocycles. The van der Waals surface area contributed by atoms with Crippen molar-refractivity contribution in [3.8, 4) is 0 Å². The molecule has 0 saturated carbocycles. The van der Waals surface area contributed by atoms with Gasteiger partial charge in [-0.25, -0.2) is 0 Å². The second-order valence-electron chi connectivity index (χ2n) is 2.59. The number of hydrogen-bond donors (Lipinski definition) is 1. The Bertz CT molecular complexity index is 76.4. The van der Waals surface area contributed by atoms with Crippen molar-refractivity contribution in [2.24, 2.45) is 0 Å². The molecule has 0 radical (unpaired) electrons. The van der Waals surface area contributed by atoms with Crippen molar-refractivity contribution >= 4 is 0 Å². The van der Waals surface area contributed by atoms with Crippen LogP contribution in [0.4, 0.5) is 0 Å². The zero-order chi connectivity index (χ0) is 6.69. The van der Waals surface area contributed by atoms with Crippen molar-refractivity contribution < 1.29 is 5.01 Å². The van der Waals surface area contributed by atoms with Gasteiger partial charge in [-0.05, 0) is 7.05 Å². The lowest BCUT2D eigenvalue weighted by Gasteiger charge is -2.35. The van der Waals surface area contributed by atoms with E-state index in [2.05, 4.69) is 17.4 Å². The van der Waals surface area contributed by atoms with Crippen LogP contribution in [0.25, 0.3) is 5.43 Å². The molecule has 0 aliphatic carbocycles. The van der Waals surface area contributed by atoms with Crippen LogP contribution in [0, 0.1) is 0 Å². The maximum Gasteiger partial charge on any atom is 0.0812 e. The summed E-state index contributed by atoms with van der Waals surface area (Å²) in [7, 11) is 4.05. The molecule has 1 aliphatic rings. The molecule has 0 aromatic carbocycles. The SMILES string of the molecule is C[N-][NH+]1CCN(C)CC1. The minimum Gasteiger partial charge on any atom is -0.457 e. The monoisotopic (exact) mass is 129 g/mol. The van der Waals surface area contributed by atoms with Gasteiger partial charge in [0.15, 0.2) is 0 Å². The molecule has 0 bridgehead atoms. The molecule has 0 aromatic heterocycles. The Labute approximate surface area is 56.6 Å². The Morgan fingerprint density at radius 2 is 1.89 bits per heavy atom. The molecule has 1 fully saturated rings. The van der Waals surface area contributed by atoms with Crippen LogP contribution in [0.3, 0.4) is 0 Å². The van der Waals surface area contributed by atoms with E-state index in [0.717, 1.165) is 0 Å². The van der Waals surface area contributed by atoms with Gasteiger partial charge in [0.1, 0.15) is 0 Å². The molecule has 0 aromatic rings. The molecule has 1 heterocycles. The summed E-state index contributed by atoms with van der Waals surface area (Å²) in [4.78, 5) is 2.34. The molecule has 9 heavy (non-hydrogen) atoms. The van der Waals surface area contributed by atoms with Gasteiger partial charge in [-0.15, -0.1) is 7.05 Å². The van der Waals surface area contributed by atoms with Crippen LogP contribution < -0.4 is 5.01 Å². The predicted octanol–water partition coefficient (Wildman–Crippen LogP) is -1.26. The van der Waals surface area contributed by atoms with Crippen LogP contribution in [-0.2, 0) is 0 Å². The molecular weight excluding hydrogens is 114 g/mol. The van der Waals surface area contributed by atoms with E-state index in [1.807, 2.05) is 7.05 Å². The van der Waals surface area contributed by atoms with Crippen molar-refractivity contribution in [1.29, 1.82) is 0 Å². The van der Waals surface area contributed by atoms with Gasteiger partial charge in [-0.2, -0.15) is 0 Å². The summed E-state index contributed by atoms with van der Waals surface area (Å²) in [6, 6.07) is 0.